The largest absolute Gasteiger partial charge is 0.496 e. The number of benzene rings is 1. The molecule has 0 fully saturated rings. The molecule has 1 aliphatic rings. The van der Waals surface area contributed by atoms with E-state index in [9.17, 15) is 0 Å². The summed E-state index contributed by atoms with van der Waals surface area (Å²) in [5.41, 5.74) is 2.70. The molecule has 1 atom stereocenters. The first-order chi connectivity index (χ1) is 7.04. The normalized spacial score (nSPS) is 22.8. The molecule has 2 nitrogen and oxygen atoms in total. The van der Waals surface area contributed by atoms with Crippen molar-refractivity contribution in [2.45, 2.75) is 32.7 Å². The zero-order valence-corrected chi connectivity index (χ0v) is 9.92. The molecule has 1 unspecified atom stereocenters. The average Bonchev–Trinajstić information content (AvgIpc) is 2.18. The predicted octanol–water partition coefficient (Wildman–Crippen LogP) is 3.08. The summed E-state index contributed by atoms with van der Waals surface area (Å²) in [6.45, 7) is 6.78. The van der Waals surface area contributed by atoms with Crippen molar-refractivity contribution < 1.29 is 4.74 Å². The molecule has 15 heavy (non-hydrogen) atoms. The molecule has 1 aromatic carbocycles. The van der Waals surface area contributed by atoms with Crippen molar-refractivity contribution in [2.75, 3.05) is 12.4 Å². The third kappa shape index (κ3) is 1.69. The molecular formula is C13H19NO. The zero-order chi connectivity index (χ0) is 11.1. The van der Waals surface area contributed by atoms with Crippen LogP contribution in [-0.2, 0) is 6.42 Å². The predicted molar refractivity (Wildman–Crippen MR) is 63.6 cm³/mol. The molecule has 82 valence electrons. The second-order valence-corrected chi connectivity index (χ2v) is 4.94. The lowest BCUT2D eigenvalue weighted by Crippen LogP contribution is -2.42. The molecule has 0 saturated heterocycles. The maximum atomic E-state index is 5.39. The van der Waals surface area contributed by atoms with Crippen LogP contribution in [0.3, 0.4) is 0 Å². The Morgan fingerprint density at radius 2 is 2.13 bits per heavy atom. The molecule has 0 aromatic heterocycles. The van der Waals surface area contributed by atoms with Crippen LogP contribution in [0.4, 0.5) is 5.69 Å². The van der Waals surface area contributed by atoms with Crippen molar-refractivity contribution in [3.8, 4) is 5.75 Å². The summed E-state index contributed by atoms with van der Waals surface area (Å²) in [5.74, 6) is 1.61. The van der Waals surface area contributed by atoms with Crippen LogP contribution in [0.25, 0.3) is 0 Å². The molecular weight excluding hydrogens is 186 g/mol. The van der Waals surface area contributed by atoms with Crippen LogP contribution in [0.15, 0.2) is 18.2 Å². The van der Waals surface area contributed by atoms with E-state index in [-0.39, 0.29) is 5.54 Å². The molecule has 0 bridgehead atoms. The Hall–Kier alpha value is -1.18. The van der Waals surface area contributed by atoms with Gasteiger partial charge in [0, 0.05) is 16.8 Å². The van der Waals surface area contributed by atoms with Gasteiger partial charge in [0.05, 0.1) is 7.11 Å². The van der Waals surface area contributed by atoms with Crippen molar-refractivity contribution >= 4 is 5.69 Å². The maximum absolute atomic E-state index is 5.39. The number of nitrogens with one attached hydrogen (secondary N) is 1. The molecule has 1 aliphatic heterocycles. The fourth-order valence-electron chi connectivity index (χ4n) is 2.12. The smallest absolute Gasteiger partial charge is 0.124 e. The minimum absolute atomic E-state index is 0.166. The highest BCUT2D eigenvalue weighted by molar-refractivity contribution is 5.61. The second-order valence-electron chi connectivity index (χ2n) is 4.94. The van der Waals surface area contributed by atoms with Gasteiger partial charge in [0.25, 0.3) is 0 Å². The SMILES string of the molecule is COc1cccc2c1CC(C)C(C)(C)N2. The third-order valence-electron chi connectivity index (χ3n) is 3.55. The molecule has 0 saturated carbocycles. The van der Waals surface area contributed by atoms with Crippen LogP contribution in [0.1, 0.15) is 26.3 Å². The zero-order valence-electron chi connectivity index (χ0n) is 9.92. The molecule has 0 amide bonds. The van der Waals surface area contributed by atoms with Crippen LogP contribution >= 0.6 is 0 Å². The highest BCUT2D eigenvalue weighted by Crippen LogP contribution is 2.38. The van der Waals surface area contributed by atoms with Gasteiger partial charge >= 0.3 is 0 Å². The number of fused-ring (bicyclic) bond motifs is 1. The Bertz CT molecular complexity index is 371. The van der Waals surface area contributed by atoms with E-state index in [2.05, 4.69) is 32.2 Å². The van der Waals surface area contributed by atoms with Gasteiger partial charge in [0.2, 0.25) is 0 Å². The number of hydrogen-bond donors (Lipinski definition) is 1. The summed E-state index contributed by atoms with van der Waals surface area (Å²) >= 11 is 0. The van der Waals surface area contributed by atoms with Crippen LogP contribution in [0, 0.1) is 5.92 Å². The van der Waals surface area contributed by atoms with Gasteiger partial charge in [-0.3, -0.25) is 0 Å². The van der Waals surface area contributed by atoms with E-state index in [0.29, 0.717) is 5.92 Å². The Morgan fingerprint density at radius 3 is 2.80 bits per heavy atom. The van der Waals surface area contributed by atoms with E-state index >= 15 is 0 Å². The molecule has 0 radical (unpaired) electrons. The van der Waals surface area contributed by atoms with Crippen molar-refractivity contribution in [1.29, 1.82) is 0 Å². The Kier molecular flexibility index (Phi) is 2.37. The van der Waals surface area contributed by atoms with Gasteiger partial charge in [-0.15, -0.1) is 0 Å². The number of methoxy groups -OCH3 is 1. The highest BCUT2D eigenvalue weighted by atomic mass is 16.5. The first-order valence-corrected chi connectivity index (χ1v) is 5.48. The summed E-state index contributed by atoms with van der Waals surface area (Å²) < 4.78 is 5.39. The molecule has 2 heteroatoms. The minimum atomic E-state index is 0.166. The molecule has 0 spiro atoms. The lowest BCUT2D eigenvalue weighted by atomic mass is 9.80. The van der Waals surface area contributed by atoms with Crippen LogP contribution < -0.4 is 10.1 Å². The quantitative estimate of drug-likeness (QED) is 0.760. The summed E-state index contributed by atoms with van der Waals surface area (Å²) in [5, 5.41) is 3.58. The lowest BCUT2D eigenvalue weighted by molar-refractivity contribution is 0.348. The first kappa shape index (κ1) is 10.3. The number of rotatable bonds is 1. The average molecular weight is 205 g/mol. The molecule has 1 N–H and O–H groups in total. The fourth-order valence-corrected chi connectivity index (χ4v) is 2.12. The highest BCUT2D eigenvalue weighted by Gasteiger charge is 2.32. The van der Waals surface area contributed by atoms with E-state index in [1.165, 1.54) is 11.3 Å². The third-order valence-corrected chi connectivity index (χ3v) is 3.55. The van der Waals surface area contributed by atoms with E-state index in [1.54, 1.807) is 7.11 Å². The van der Waals surface area contributed by atoms with Crippen LogP contribution in [-0.4, -0.2) is 12.6 Å². The van der Waals surface area contributed by atoms with Crippen molar-refractivity contribution in [3.63, 3.8) is 0 Å². The Labute approximate surface area is 91.6 Å². The number of ether oxygens (including phenoxy) is 1. The van der Waals surface area contributed by atoms with Gasteiger partial charge in [0.15, 0.2) is 0 Å². The van der Waals surface area contributed by atoms with Gasteiger partial charge < -0.3 is 10.1 Å². The Balaban J connectivity index is 2.44. The van der Waals surface area contributed by atoms with Gasteiger partial charge in [-0.05, 0) is 38.3 Å². The van der Waals surface area contributed by atoms with E-state index < -0.39 is 0 Å². The van der Waals surface area contributed by atoms with Gasteiger partial charge in [-0.25, -0.2) is 0 Å². The standard InChI is InChI=1S/C13H19NO/c1-9-8-10-11(14-13(9,2)3)6-5-7-12(10)15-4/h5-7,9,14H,8H2,1-4H3. The summed E-state index contributed by atoms with van der Waals surface area (Å²) in [6, 6.07) is 6.20. The van der Waals surface area contributed by atoms with Crippen molar-refractivity contribution in [1.82, 2.24) is 0 Å². The summed E-state index contributed by atoms with van der Waals surface area (Å²) in [6.07, 6.45) is 1.08. The molecule has 1 aromatic rings. The molecule has 0 aliphatic carbocycles. The van der Waals surface area contributed by atoms with Gasteiger partial charge in [0.1, 0.15) is 5.75 Å². The van der Waals surface area contributed by atoms with Crippen LogP contribution in [0.5, 0.6) is 5.75 Å². The number of anilines is 1. The van der Waals surface area contributed by atoms with E-state index in [0.717, 1.165) is 12.2 Å². The summed E-state index contributed by atoms with van der Waals surface area (Å²) in [7, 11) is 1.74. The topological polar surface area (TPSA) is 21.3 Å². The monoisotopic (exact) mass is 205 g/mol. The first-order valence-electron chi connectivity index (χ1n) is 5.48. The summed E-state index contributed by atoms with van der Waals surface area (Å²) in [4.78, 5) is 0. The van der Waals surface area contributed by atoms with Crippen LogP contribution in [0.2, 0.25) is 0 Å². The van der Waals surface area contributed by atoms with Gasteiger partial charge in [-0.2, -0.15) is 0 Å². The van der Waals surface area contributed by atoms with Gasteiger partial charge in [-0.1, -0.05) is 13.0 Å². The van der Waals surface area contributed by atoms with Crippen molar-refractivity contribution in [3.05, 3.63) is 23.8 Å². The van der Waals surface area contributed by atoms with Crippen molar-refractivity contribution in [2.24, 2.45) is 5.92 Å². The maximum Gasteiger partial charge on any atom is 0.124 e. The fraction of sp³-hybridized carbons (Fsp3) is 0.538. The van der Waals surface area contributed by atoms with E-state index in [1.807, 2.05) is 12.1 Å². The molecule has 2 rings (SSSR count). The van der Waals surface area contributed by atoms with E-state index in [4.69, 9.17) is 4.74 Å². The molecule has 1 heterocycles. The lowest BCUT2D eigenvalue weighted by Gasteiger charge is -2.40. The second kappa shape index (κ2) is 3.44. The number of hydrogen-bond acceptors (Lipinski definition) is 2. The minimum Gasteiger partial charge on any atom is -0.496 e. The Morgan fingerprint density at radius 1 is 1.40 bits per heavy atom.